The summed E-state index contributed by atoms with van der Waals surface area (Å²) in [4.78, 5) is 13.8. The molecule has 7 heteroatoms. The Hall–Kier alpha value is -0.940. The van der Waals surface area contributed by atoms with E-state index in [0.29, 0.717) is 0 Å². The molecule has 1 rings (SSSR count). The number of hydrogen-bond acceptors (Lipinski definition) is 2. The highest BCUT2D eigenvalue weighted by Gasteiger charge is 2.18. The maximum atomic E-state index is 12.3. The standard InChI is InChI=1S/C8H5Cl2F2NO2/c9-3-1-4(10)7(8(11)12)13-5(3)2-6(14)15/h1,8H,2H2,(H,14,15). The van der Waals surface area contributed by atoms with E-state index in [4.69, 9.17) is 28.3 Å². The second-order valence-corrected chi connectivity index (χ2v) is 3.47. The molecule has 0 saturated heterocycles. The van der Waals surface area contributed by atoms with Crippen LogP contribution in [0, 0.1) is 0 Å². The van der Waals surface area contributed by atoms with Gasteiger partial charge in [-0.2, -0.15) is 0 Å². The molecule has 0 aliphatic carbocycles. The van der Waals surface area contributed by atoms with Crippen LogP contribution >= 0.6 is 23.2 Å². The van der Waals surface area contributed by atoms with E-state index in [0.717, 1.165) is 6.07 Å². The Kier molecular flexibility index (Phi) is 3.82. The van der Waals surface area contributed by atoms with Crippen molar-refractivity contribution in [1.29, 1.82) is 0 Å². The highest BCUT2D eigenvalue weighted by atomic mass is 35.5. The first-order valence-electron chi connectivity index (χ1n) is 3.76. The molecule has 0 aliphatic rings. The lowest BCUT2D eigenvalue weighted by atomic mass is 10.2. The number of aliphatic carboxylic acids is 1. The van der Waals surface area contributed by atoms with Gasteiger partial charge in [-0.3, -0.25) is 4.79 Å². The van der Waals surface area contributed by atoms with Gasteiger partial charge >= 0.3 is 5.97 Å². The van der Waals surface area contributed by atoms with Gasteiger partial charge in [-0.25, -0.2) is 13.8 Å². The van der Waals surface area contributed by atoms with Crippen LogP contribution in [0.1, 0.15) is 17.8 Å². The molecule has 0 atom stereocenters. The van der Waals surface area contributed by atoms with E-state index in [1.807, 2.05) is 0 Å². The molecule has 0 unspecified atom stereocenters. The molecule has 0 aromatic carbocycles. The van der Waals surface area contributed by atoms with Crippen LogP contribution in [-0.2, 0) is 11.2 Å². The maximum absolute atomic E-state index is 12.3. The average molecular weight is 256 g/mol. The Balaban J connectivity index is 3.17. The second kappa shape index (κ2) is 4.72. The molecule has 1 heterocycles. The molecule has 0 saturated carbocycles. The number of pyridine rings is 1. The van der Waals surface area contributed by atoms with Crippen LogP contribution < -0.4 is 0 Å². The van der Waals surface area contributed by atoms with Crippen LogP contribution in [0.15, 0.2) is 6.07 Å². The van der Waals surface area contributed by atoms with E-state index in [2.05, 4.69) is 4.98 Å². The number of rotatable bonds is 3. The van der Waals surface area contributed by atoms with E-state index in [1.165, 1.54) is 0 Å². The van der Waals surface area contributed by atoms with Crippen molar-refractivity contribution < 1.29 is 18.7 Å². The number of carboxylic acid groups (broad SMARTS) is 1. The Morgan fingerprint density at radius 1 is 1.47 bits per heavy atom. The number of carboxylic acids is 1. The number of carbonyl (C=O) groups is 1. The van der Waals surface area contributed by atoms with Crippen molar-refractivity contribution in [1.82, 2.24) is 4.98 Å². The van der Waals surface area contributed by atoms with E-state index < -0.39 is 24.5 Å². The first kappa shape index (κ1) is 12.1. The molecule has 0 spiro atoms. The summed E-state index contributed by atoms with van der Waals surface area (Å²) in [5.41, 5.74) is -0.777. The number of aromatic nitrogens is 1. The summed E-state index contributed by atoms with van der Waals surface area (Å²) < 4.78 is 24.7. The van der Waals surface area contributed by atoms with Crippen molar-refractivity contribution in [2.24, 2.45) is 0 Å². The average Bonchev–Trinajstić information content (AvgIpc) is 2.08. The van der Waals surface area contributed by atoms with E-state index >= 15 is 0 Å². The molecule has 3 nitrogen and oxygen atoms in total. The predicted molar refractivity (Wildman–Crippen MR) is 50.6 cm³/mol. The third kappa shape index (κ3) is 3.00. The van der Waals surface area contributed by atoms with Gasteiger partial charge in [-0.1, -0.05) is 23.2 Å². The second-order valence-electron chi connectivity index (χ2n) is 2.66. The molecule has 0 aliphatic heterocycles. The Labute approximate surface area is 93.6 Å². The maximum Gasteiger partial charge on any atom is 0.309 e. The third-order valence-electron chi connectivity index (χ3n) is 1.55. The van der Waals surface area contributed by atoms with Crippen molar-refractivity contribution in [2.75, 3.05) is 0 Å². The van der Waals surface area contributed by atoms with Crippen molar-refractivity contribution in [2.45, 2.75) is 12.8 Å². The monoisotopic (exact) mass is 255 g/mol. The van der Waals surface area contributed by atoms with Gasteiger partial charge in [0.05, 0.1) is 22.2 Å². The highest BCUT2D eigenvalue weighted by molar-refractivity contribution is 6.35. The summed E-state index contributed by atoms with van der Waals surface area (Å²) in [6.45, 7) is 0. The van der Waals surface area contributed by atoms with Gasteiger partial charge in [-0.15, -0.1) is 0 Å². The Bertz CT molecular complexity index is 398. The molecule has 0 amide bonds. The van der Waals surface area contributed by atoms with E-state index in [9.17, 15) is 13.6 Å². The molecular formula is C8H5Cl2F2NO2. The highest BCUT2D eigenvalue weighted by Crippen LogP contribution is 2.29. The van der Waals surface area contributed by atoms with Crippen molar-refractivity contribution in [3.63, 3.8) is 0 Å². The summed E-state index contributed by atoms with van der Waals surface area (Å²) in [6, 6.07) is 1.07. The molecule has 0 fully saturated rings. The largest absolute Gasteiger partial charge is 0.481 e. The zero-order valence-electron chi connectivity index (χ0n) is 7.18. The van der Waals surface area contributed by atoms with Gasteiger partial charge in [0.2, 0.25) is 0 Å². The lowest BCUT2D eigenvalue weighted by Crippen LogP contribution is -2.05. The Morgan fingerprint density at radius 2 is 2.07 bits per heavy atom. The van der Waals surface area contributed by atoms with Crippen LogP contribution in [0.2, 0.25) is 10.0 Å². The Morgan fingerprint density at radius 3 is 2.53 bits per heavy atom. The minimum absolute atomic E-state index is 0.0354. The smallest absolute Gasteiger partial charge is 0.309 e. The zero-order chi connectivity index (χ0) is 11.6. The number of alkyl halides is 2. The van der Waals surface area contributed by atoms with Crippen molar-refractivity contribution >= 4 is 29.2 Å². The summed E-state index contributed by atoms with van der Waals surface area (Å²) in [6.07, 6.45) is -3.38. The molecule has 1 N–H and O–H groups in total. The zero-order valence-corrected chi connectivity index (χ0v) is 8.69. The number of hydrogen-bond donors (Lipinski definition) is 1. The summed E-state index contributed by atoms with van der Waals surface area (Å²) in [5.74, 6) is -1.20. The first-order valence-corrected chi connectivity index (χ1v) is 4.52. The molecular weight excluding hydrogens is 251 g/mol. The van der Waals surface area contributed by atoms with Crippen LogP contribution in [0.5, 0.6) is 0 Å². The lowest BCUT2D eigenvalue weighted by Gasteiger charge is -2.06. The fourth-order valence-electron chi connectivity index (χ4n) is 0.941. The van der Waals surface area contributed by atoms with Crippen LogP contribution in [0.4, 0.5) is 8.78 Å². The van der Waals surface area contributed by atoms with E-state index in [1.54, 1.807) is 0 Å². The minimum atomic E-state index is -2.86. The minimum Gasteiger partial charge on any atom is -0.481 e. The van der Waals surface area contributed by atoms with Crippen LogP contribution in [0.3, 0.4) is 0 Å². The van der Waals surface area contributed by atoms with Crippen LogP contribution in [-0.4, -0.2) is 16.1 Å². The molecule has 1 aromatic heterocycles. The number of halogens is 4. The molecule has 0 bridgehead atoms. The summed E-state index contributed by atoms with van der Waals surface area (Å²) in [7, 11) is 0. The van der Waals surface area contributed by atoms with E-state index in [-0.39, 0.29) is 15.7 Å². The van der Waals surface area contributed by atoms with Gasteiger partial charge in [0.25, 0.3) is 6.43 Å². The van der Waals surface area contributed by atoms with Gasteiger partial charge in [-0.05, 0) is 6.07 Å². The van der Waals surface area contributed by atoms with Gasteiger partial charge < -0.3 is 5.11 Å². The van der Waals surface area contributed by atoms with Crippen LogP contribution in [0.25, 0.3) is 0 Å². The first-order chi connectivity index (χ1) is 6.91. The fourth-order valence-corrected chi connectivity index (χ4v) is 1.45. The molecule has 0 radical (unpaired) electrons. The van der Waals surface area contributed by atoms with Crippen molar-refractivity contribution in [3.8, 4) is 0 Å². The SMILES string of the molecule is O=C(O)Cc1nc(C(F)F)c(Cl)cc1Cl. The van der Waals surface area contributed by atoms with Gasteiger partial charge in [0.15, 0.2) is 0 Å². The number of nitrogens with zero attached hydrogens (tertiary/aromatic N) is 1. The third-order valence-corrected chi connectivity index (χ3v) is 2.18. The van der Waals surface area contributed by atoms with Gasteiger partial charge in [0.1, 0.15) is 5.69 Å². The van der Waals surface area contributed by atoms with Gasteiger partial charge in [0, 0.05) is 0 Å². The summed E-state index contributed by atoms with van der Waals surface area (Å²) >= 11 is 11.1. The molecule has 1 aromatic rings. The molecule has 82 valence electrons. The fraction of sp³-hybridized carbons (Fsp3) is 0.250. The molecule has 15 heavy (non-hydrogen) atoms. The quantitative estimate of drug-likeness (QED) is 0.904. The predicted octanol–water partition coefficient (Wildman–Crippen LogP) is 2.95. The summed E-state index contributed by atoms with van der Waals surface area (Å²) in [5, 5.41) is 8.16. The lowest BCUT2D eigenvalue weighted by molar-refractivity contribution is -0.136. The van der Waals surface area contributed by atoms with Crippen molar-refractivity contribution in [3.05, 3.63) is 27.5 Å². The normalized spacial score (nSPS) is 10.7. The topological polar surface area (TPSA) is 50.2 Å².